The fourth-order valence-electron chi connectivity index (χ4n) is 2.32. The van der Waals surface area contributed by atoms with Crippen molar-refractivity contribution in [2.24, 2.45) is 0 Å². The highest BCUT2D eigenvalue weighted by molar-refractivity contribution is 6.30. The van der Waals surface area contributed by atoms with Crippen LogP contribution in [0.25, 0.3) is 0 Å². The van der Waals surface area contributed by atoms with Gasteiger partial charge in [-0.2, -0.15) is 0 Å². The van der Waals surface area contributed by atoms with Gasteiger partial charge in [-0.25, -0.2) is 0 Å². The Hall–Kier alpha value is -1.80. The molecule has 0 aromatic heterocycles. The maximum absolute atomic E-state index is 12.2. The first-order valence-electron chi connectivity index (χ1n) is 7.28. The van der Waals surface area contributed by atoms with E-state index in [9.17, 15) is 4.79 Å². The number of carbonyl (C=O) groups is 1. The molecule has 2 nitrogen and oxygen atoms in total. The lowest BCUT2D eigenvalue weighted by Crippen LogP contribution is -2.23. The summed E-state index contributed by atoms with van der Waals surface area (Å²) in [4.78, 5) is 12.2. The van der Waals surface area contributed by atoms with Crippen LogP contribution in [-0.2, 0) is 19.4 Å². The average molecular weight is 302 g/mol. The number of halogens is 1. The molecule has 0 atom stereocenters. The molecule has 0 fully saturated rings. The monoisotopic (exact) mass is 301 g/mol. The summed E-state index contributed by atoms with van der Waals surface area (Å²) in [6, 6.07) is 13.5. The SMILES string of the molecule is CCc1ccc(CC)c(CNC(=O)c2cccc(Cl)c2)c1. The zero-order valence-corrected chi connectivity index (χ0v) is 13.2. The van der Waals surface area contributed by atoms with Gasteiger partial charge in [-0.1, -0.05) is 49.7 Å². The molecule has 110 valence electrons. The summed E-state index contributed by atoms with van der Waals surface area (Å²) in [6.07, 6.45) is 1.96. The first kappa shape index (κ1) is 15.6. The summed E-state index contributed by atoms with van der Waals surface area (Å²) in [5.41, 5.74) is 4.34. The van der Waals surface area contributed by atoms with Crippen molar-refractivity contribution in [1.82, 2.24) is 5.32 Å². The topological polar surface area (TPSA) is 29.1 Å². The number of nitrogens with one attached hydrogen (secondary N) is 1. The molecular weight excluding hydrogens is 282 g/mol. The van der Waals surface area contributed by atoms with E-state index in [1.165, 1.54) is 16.7 Å². The molecule has 0 radical (unpaired) electrons. The molecule has 0 spiro atoms. The molecule has 0 aliphatic rings. The molecule has 0 saturated heterocycles. The lowest BCUT2D eigenvalue weighted by Gasteiger charge is -2.11. The van der Waals surface area contributed by atoms with Crippen molar-refractivity contribution >= 4 is 17.5 Å². The van der Waals surface area contributed by atoms with Crippen LogP contribution in [0.3, 0.4) is 0 Å². The van der Waals surface area contributed by atoms with Gasteiger partial charge in [-0.05, 0) is 47.7 Å². The molecular formula is C18H20ClNO. The van der Waals surface area contributed by atoms with Crippen molar-refractivity contribution < 1.29 is 4.79 Å². The number of rotatable bonds is 5. The van der Waals surface area contributed by atoms with Crippen LogP contribution in [0.5, 0.6) is 0 Å². The molecule has 2 rings (SSSR count). The average Bonchev–Trinajstić information content (AvgIpc) is 2.52. The van der Waals surface area contributed by atoms with E-state index in [2.05, 4.69) is 37.4 Å². The van der Waals surface area contributed by atoms with E-state index in [1.54, 1.807) is 24.3 Å². The molecule has 3 heteroatoms. The molecule has 0 aliphatic carbocycles. The van der Waals surface area contributed by atoms with Gasteiger partial charge in [-0.15, -0.1) is 0 Å². The van der Waals surface area contributed by atoms with Crippen LogP contribution in [0.2, 0.25) is 5.02 Å². The van der Waals surface area contributed by atoms with E-state index in [0.717, 1.165) is 12.8 Å². The molecule has 0 heterocycles. The van der Waals surface area contributed by atoms with E-state index in [1.807, 2.05) is 0 Å². The molecule has 1 amide bonds. The van der Waals surface area contributed by atoms with Gasteiger partial charge in [0.25, 0.3) is 5.91 Å². The second-order valence-corrected chi connectivity index (χ2v) is 5.44. The van der Waals surface area contributed by atoms with Gasteiger partial charge in [0.2, 0.25) is 0 Å². The van der Waals surface area contributed by atoms with Gasteiger partial charge < -0.3 is 5.32 Å². The normalized spacial score (nSPS) is 10.4. The molecule has 0 saturated carbocycles. The van der Waals surface area contributed by atoms with E-state index < -0.39 is 0 Å². The molecule has 21 heavy (non-hydrogen) atoms. The highest BCUT2D eigenvalue weighted by Crippen LogP contribution is 2.15. The Balaban J connectivity index is 2.10. The molecule has 2 aromatic rings. The number of hydrogen-bond acceptors (Lipinski definition) is 1. The predicted octanol–water partition coefficient (Wildman–Crippen LogP) is 4.39. The smallest absolute Gasteiger partial charge is 0.251 e. The fraction of sp³-hybridized carbons (Fsp3) is 0.278. The summed E-state index contributed by atoms with van der Waals surface area (Å²) in [7, 11) is 0. The standard InChI is InChI=1S/C18H20ClNO/c1-3-13-8-9-14(4-2)16(10-13)12-20-18(21)15-6-5-7-17(19)11-15/h5-11H,3-4,12H2,1-2H3,(H,20,21). The van der Waals surface area contributed by atoms with Crippen LogP contribution in [-0.4, -0.2) is 5.91 Å². The Morgan fingerprint density at radius 3 is 2.52 bits per heavy atom. The third-order valence-corrected chi connectivity index (χ3v) is 3.82. The maximum Gasteiger partial charge on any atom is 0.251 e. The third-order valence-electron chi connectivity index (χ3n) is 3.59. The summed E-state index contributed by atoms with van der Waals surface area (Å²) in [5.74, 6) is -0.0959. The largest absolute Gasteiger partial charge is 0.348 e. The van der Waals surface area contributed by atoms with Gasteiger partial charge >= 0.3 is 0 Å². The van der Waals surface area contributed by atoms with Crippen LogP contribution in [0, 0.1) is 0 Å². The second-order valence-electron chi connectivity index (χ2n) is 5.00. The summed E-state index contributed by atoms with van der Waals surface area (Å²) in [6.45, 7) is 4.81. The van der Waals surface area contributed by atoms with E-state index >= 15 is 0 Å². The van der Waals surface area contributed by atoms with Crippen molar-refractivity contribution in [2.75, 3.05) is 0 Å². The van der Waals surface area contributed by atoms with Gasteiger partial charge in [-0.3, -0.25) is 4.79 Å². The highest BCUT2D eigenvalue weighted by Gasteiger charge is 2.08. The minimum absolute atomic E-state index is 0.0959. The van der Waals surface area contributed by atoms with Crippen molar-refractivity contribution in [2.45, 2.75) is 33.2 Å². The fourth-order valence-corrected chi connectivity index (χ4v) is 2.51. The van der Waals surface area contributed by atoms with Crippen molar-refractivity contribution in [3.05, 3.63) is 69.7 Å². The van der Waals surface area contributed by atoms with E-state index in [-0.39, 0.29) is 5.91 Å². The number of hydrogen-bond donors (Lipinski definition) is 1. The Kier molecular flexibility index (Phi) is 5.40. The first-order valence-corrected chi connectivity index (χ1v) is 7.66. The molecule has 1 N–H and O–H groups in total. The van der Waals surface area contributed by atoms with Gasteiger partial charge in [0.15, 0.2) is 0 Å². The van der Waals surface area contributed by atoms with Crippen LogP contribution < -0.4 is 5.32 Å². The zero-order chi connectivity index (χ0) is 15.2. The molecule has 0 aliphatic heterocycles. The quantitative estimate of drug-likeness (QED) is 0.871. The summed E-state index contributed by atoms with van der Waals surface area (Å²) in [5, 5.41) is 3.54. The van der Waals surface area contributed by atoms with Crippen molar-refractivity contribution in [3.8, 4) is 0 Å². The number of amides is 1. The predicted molar refractivity (Wildman–Crippen MR) is 87.8 cm³/mol. The van der Waals surface area contributed by atoms with Crippen molar-refractivity contribution in [3.63, 3.8) is 0 Å². The minimum Gasteiger partial charge on any atom is -0.348 e. The Bertz CT molecular complexity index is 637. The lowest BCUT2D eigenvalue weighted by atomic mass is 10.0. The van der Waals surface area contributed by atoms with Gasteiger partial charge in [0.05, 0.1) is 0 Å². The Morgan fingerprint density at radius 1 is 1.05 bits per heavy atom. The van der Waals surface area contributed by atoms with Crippen LogP contribution >= 0.6 is 11.6 Å². The Morgan fingerprint density at radius 2 is 1.86 bits per heavy atom. The van der Waals surface area contributed by atoms with Crippen LogP contribution in [0.15, 0.2) is 42.5 Å². The van der Waals surface area contributed by atoms with Crippen molar-refractivity contribution in [1.29, 1.82) is 0 Å². The number of aryl methyl sites for hydroxylation is 2. The highest BCUT2D eigenvalue weighted by atomic mass is 35.5. The first-order chi connectivity index (χ1) is 10.1. The summed E-state index contributed by atoms with van der Waals surface area (Å²) >= 11 is 5.91. The third kappa shape index (κ3) is 4.08. The molecule has 0 unspecified atom stereocenters. The maximum atomic E-state index is 12.2. The van der Waals surface area contributed by atoms with Gasteiger partial charge in [0, 0.05) is 17.1 Å². The minimum atomic E-state index is -0.0959. The number of carbonyl (C=O) groups excluding carboxylic acids is 1. The van der Waals surface area contributed by atoms with Gasteiger partial charge in [0.1, 0.15) is 0 Å². The van der Waals surface area contributed by atoms with E-state index in [0.29, 0.717) is 17.1 Å². The summed E-state index contributed by atoms with van der Waals surface area (Å²) < 4.78 is 0. The molecule has 2 aromatic carbocycles. The van der Waals surface area contributed by atoms with Crippen LogP contribution in [0.1, 0.15) is 40.9 Å². The molecule has 0 bridgehead atoms. The second kappa shape index (κ2) is 7.28. The number of benzene rings is 2. The van der Waals surface area contributed by atoms with E-state index in [4.69, 9.17) is 11.6 Å². The Labute approximate surface area is 131 Å². The van der Waals surface area contributed by atoms with Crippen LogP contribution in [0.4, 0.5) is 0 Å². The zero-order valence-electron chi connectivity index (χ0n) is 12.4. The lowest BCUT2D eigenvalue weighted by molar-refractivity contribution is 0.0951.